The van der Waals surface area contributed by atoms with Gasteiger partial charge in [-0.1, -0.05) is 13.0 Å². The number of amides is 1. The molecule has 6 heteroatoms. The van der Waals surface area contributed by atoms with Crippen LogP contribution in [-0.4, -0.2) is 40.5 Å². The van der Waals surface area contributed by atoms with Crippen LogP contribution >= 0.6 is 11.3 Å². The van der Waals surface area contributed by atoms with Gasteiger partial charge < -0.3 is 10.0 Å². The summed E-state index contributed by atoms with van der Waals surface area (Å²) < 4.78 is 0. The van der Waals surface area contributed by atoms with E-state index >= 15 is 0 Å². The Hall–Kier alpha value is -1.40. The van der Waals surface area contributed by atoms with E-state index in [1.807, 2.05) is 16.3 Å². The Morgan fingerprint density at radius 1 is 1.57 bits per heavy atom. The topological polar surface area (TPSA) is 69.6 Å². The van der Waals surface area contributed by atoms with E-state index < -0.39 is 11.5 Å². The molecule has 1 aromatic heterocycles. The molecule has 0 aliphatic carbocycles. The third-order valence-electron chi connectivity index (χ3n) is 4.25. The first-order chi connectivity index (χ1) is 9.98. The van der Waals surface area contributed by atoms with Crippen molar-refractivity contribution in [2.75, 3.05) is 13.1 Å². The highest BCUT2D eigenvalue weighted by atomic mass is 32.1. The van der Waals surface area contributed by atoms with Gasteiger partial charge in [0.25, 0.3) is 0 Å². The lowest BCUT2D eigenvalue weighted by Gasteiger charge is -2.28. The molecule has 0 saturated carbocycles. The maximum atomic E-state index is 12.4. The van der Waals surface area contributed by atoms with Crippen molar-refractivity contribution in [1.29, 1.82) is 0 Å². The summed E-state index contributed by atoms with van der Waals surface area (Å²) in [6.45, 7) is 4.23. The van der Waals surface area contributed by atoms with Crippen molar-refractivity contribution in [3.05, 3.63) is 22.4 Å². The summed E-state index contributed by atoms with van der Waals surface area (Å²) in [5.74, 6) is -0.944. The van der Waals surface area contributed by atoms with Crippen molar-refractivity contribution in [2.24, 2.45) is 0 Å². The van der Waals surface area contributed by atoms with Gasteiger partial charge in [-0.05, 0) is 37.6 Å². The summed E-state index contributed by atoms with van der Waals surface area (Å²) in [6.07, 6.45) is 2.42. The summed E-state index contributed by atoms with van der Waals surface area (Å²) in [7, 11) is 0. The summed E-state index contributed by atoms with van der Waals surface area (Å²) >= 11 is 1.67. The van der Waals surface area contributed by atoms with Crippen LogP contribution in [0.1, 0.15) is 44.0 Å². The third kappa shape index (κ3) is 3.44. The smallest absolute Gasteiger partial charge is 0.323 e. The van der Waals surface area contributed by atoms with Gasteiger partial charge >= 0.3 is 5.97 Å². The molecule has 0 bridgehead atoms. The van der Waals surface area contributed by atoms with Crippen LogP contribution in [0.25, 0.3) is 0 Å². The minimum Gasteiger partial charge on any atom is -0.480 e. The van der Waals surface area contributed by atoms with Gasteiger partial charge in [-0.3, -0.25) is 14.9 Å². The number of rotatable bonds is 6. The highest BCUT2D eigenvalue weighted by molar-refractivity contribution is 7.10. The van der Waals surface area contributed by atoms with Gasteiger partial charge in [-0.15, -0.1) is 11.3 Å². The van der Waals surface area contributed by atoms with Gasteiger partial charge in [0, 0.05) is 11.4 Å². The number of nitrogens with zero attached hydrogens (tertiary/aromatic N) is 1. The van der Waals surface area contributed by atoms with Gasteiger partial charge in [-0.25, -0.2) is 0 Å². The van der Waals surface area contributed by atoms with Gasteiger partial charge in [0.15, 0.2) is 0 Å². The van der Waals surface area contributed by atoms with Crippen LogP contribution in [0.3, 0.4) is 0 Å². The van der Waals surface area contributed by atoms with E-state index in [0.29, 0.717) is 6.42 Å². The molecule has 1 amide bonds. The minimum atomic E-state index is -1.05. The second-order valence-corrected chi connectivity index (χ2v) is 6.58. The molecule has 116 valence electrons. The molecular weight excluding hydrogens is 288 g/mol. The molecule has 2 N–H and O–H groups in total. The number of likely N-dealkylation sites (tertiary alicyclic amines) is 1. The Morgan fingerprint density at radius 3 is 2.90 bits per heavy atom. The highest BCUT2D eigenvalue weighted by Gasteiger charge is 2.34. The van der Waals surface area contributed by atoms with Crippen molar-refractivity contribution in [1.82, 2.24) is 10.2 Å². The number of carboxylic acid groups (broad SMARTS) is 1. The van der Waals surface area contributed by atoms with E-state index in [4.69, 9.17) is 0 Å². The fourth-order valence-electron chi connectivity index (χ4n) is 2.57. The number of carbonyl (C=O) groups excluding carboxylic acids is 1. The molecule has 0 spiro atoms. The molecule has 2 heterocycles. The zero-order valence-electron chi connectivity index (χ0n) is 12.5. The molecule has 2 unspecified atom stereocenters. The number of carboxylic acids is 1. The predicted molar refractivity (Wildman–Crippen MR) is 82.3 cm³/mol. The first-order valence-corrected chi connectivity index (χ1v) is 8.17. The normalized spacial score (nSPS) is 21.2. The number of aliphatic carboxylic acids is 1. The summed E-state index contributed by atoms with van der Waals surface area (Å²) in [6, 6.07) is 4.21. The fraction of sp³-hybridized carbons (Fsp3) is 0.600. The largest absolute Gasteiger partial charge is 0.480 e. The summed E-state index contributed by atoms with van der Waals surface area (Å²) in [5, 5.41) is 14.1. The number of carbonyl (C=O) groups is 2. The van der Waals surface area contributed by atoms with Crippen molar-refractivity contribution in [3.8, 4) is 0 Å². The first-order valence-electron chi connectivity index (χ1n) is 7.29. The van der Waals surface area contributed by atoms with Crippen LogP contribution in [0.15, 0.2) is 17.5 Å². The van der Waals surface area contributed by atoms with Crippen LogP contribution in [0.2, 0.25) is 0 Å². The molecule has 5 nitrogen and oxygen atoms in total. The van der Waals surface area contributed by atoms with Gasteiger partial charge in [0.2, 0.25) is 5.91 Å². The molecule has 2 rings (SSSR count). The van der Waals surface area contributed by atoms with Crippen LogP contribution < -0.4 is 5.32 Å². The van der Waals surface area contributed by atoms with Gasteiger partial charge in [0.05, 0.1) is 12.6 Å². The first kappa shape index (κ1) is 16.0. The number of nitrogens with one attached hydrogen (secondary N) is 1. The quantitative estimate of drug-likeness (QED) is 0.845. The molecule has 1 aromatic rings. The SMILES string of the molecule is CCC(C)(NCC(=O)N1CCCC1c1cccs1)C(=O)O. The van der Waals surface area contributed by atoms with Crippen molar-refractivity contribution < 1.29 is 14.7 Å². The van der Waals surface area contributed by atoms with E-state index in [1.54, 1.807) is 25.2 Å². The summed E-state index contributed by atoms with van der Waals surface area (Å²) in [5.41, 5.74) is -1.05. The molecule has 2 atom stereocenters. The van der Waals surface area contributed by atoms with Gasteiger partial charge in [-0.2, -0.15) is 0 Å². The average Bonchev–Trinajstić information content (AvgIpc) is 3.13. The Bertz CT molecular complexity index is 503. The molecule has 21 heavy (non-hydrogen) atoms. The minimum absolute atomic E-state index is 0.0215. The monoisotopic (exact) mass is 310 g/mol. The van der Waals surface area contributed by atoms with E-state index in [-0.39, 0.29) is 18.5 Å². The lowest BCUT2D eigenvalue weighted by molar-refractivity contribution is -0.144. The Kier molecular flexibility index (Phi) is 5.00. The maximum Gasteiger partial charge on any atom is 0.323 e. The second-order valence-electron chi connectivity index (χ2n) is 5.60. The molecule has 1 aliphatic rings. The number of hydrogen-bond donors (Lipinski definition) is 2. The van der Waals surface area contributed by atoms with Crippen LogP contribution in [0.4, 0.5) is 0 Å². The van der Waals surface area contributed by atoms with E-state index in [9.17, 15) is 14.7 Å². The molecule has 0 radical (unpaired) electrons. The predicted octanol–water partition coefficient (Wildman–Crippen LogP) is 2.25. The van der Waals surface area contributed by atoms with E-state index in [2.05, 4.69) is 11.4 Å². The van der Waals surface area contributed by atoms with Crippen molar-refractivity contribution in [3.63, 3.8) is 0 Å². The van der Waals surface area contributed by atoms with E-state index in [1.165, 1.54) is 4.88 Å². The van der Waals surface area contributed by atoms with Crippen LogP contribution in [0.5, 0.6) is 0 Å². The summed E-state index contributed by atoms with van der Waals surface area (Å²) in [4.78, 5) is 26.7. The zero-order valence-corrected chi connectivity index (χ0v) is 13.3. The average molecular weight is 310 g/mol. The zero-order chi connectivity index (χ0) is 15.5. The number of hydrogen-bond acceptors (Lipinski definition) is 4. The van der Waals surface area contributed by atoms with Gasteiger partial charge in [0.1, 0.15) is 5.54 Å². The molecule has 1 saturated heterocycles. The Morgan fingerprint density at radius 2 is 2.33 bits per heavy atom. The van der Waals surface area contributed by atoms with E-state index in [0.717, 1.165) is 19.4 Å². The standard InChI is InChI=1S/C15H22N2O3S/c1-3-15(2,14(19)20)16-10-13(18)17-8-4-6-11(17)12-7-5-9-21-12/h5,7,9,11,16H,3-4,6,8,10H2,1-2H3,(H,19,20). The molecular formula is C15H22N2O3S. The lowest BCUT2D eigenvalue weighted by atomic mass is 9.99. The van der Waals surface area contributed by atoms with Crippen LogP contribution in [0, 0.1) is 0 Å². The third-order valence-corrected chi connectivity index (χ3v) is 5.23. The van der Waals surface area contributed by atoms with Crippen molar-refractivity contribution in [2.45, 2.75) is 44.7 Å². The lowest BCUT2D eigenvalue weighted by Crippen LogP contribution is -2.52. The van der Waals surface area contributed by atoms with Crippen LogP contribution in [-0.2, 0) is 9.59 Å². The maximum absolute atomic E-state index is 12.4. The molecule has 0 aromatic carbocycles. The molecule has 1 aliphatic heterocycles. The highest BCUT2D eigenvalue weighted by Crippen LogP contribution is 2.34. The Labute approximate surface area is 129 Å². The second kappa shape index (κ2) is 6.58. The number of thiophene rings is 1. The Balaban J connectivity index is 1.98. The van der Waals surface area contributed by atoms with Crippen molar-refractivity contribution >= 4 is 23.2 Å². The fourth-order valence-corrected chi connectivity index (χ4v) is 3.44. The molecule has 1 fully saturated rings.